The van der Waals surface area contributed by atoms with Gasteiger partial charge in [-0.15, -0.1) is 0 Å². The van der Waals surface area contributed by atoms with Crippen LogP contribution in [0.2, 0.25) is 0 Å². The van der Waals surface area contributed by atoms with Crippen LogP contribution in [0.15, 0.2) is 21.1 Å². The predicted molar refractivity (Wildman–Crippen MR) is 69.7 cm³/mol. The van der Waals surface area contributed by atoms with Crippen molar-refractivity contribution in [1.82, 2.24) is 15.5 Å². The highest BCUT2D eigenvalue weighted by Gasteiger charge is 2.21. The third kappa shape index (κ3) is 2.57. The Bertz CT molecular complexity index is 596. The molecule has 0 unspecified atom stereocenters. The molecule has 3 heterocycles. The number of rotatable bonds is 3. The highest BCUT2D eigenvalue weighted by molar-refractivity contribution is 5.90. The van der Waals surface area contributed by atoms with Crippen molar-refractivity contribution in [3.8, 4) is 11.7 Å². The molecule has 1 amide bonds. The minimum absolute atomic E-state index is 0.0762. The SMILES string of the molecule is NC(=O)c1ccc(-c2nc([C@@H]3CCCCCN3)no2)o1. The first-order valence-corrected chi connectivity index (χ1v) is 6.71. The first-order valence-electron chi connectivity index (χ1n) is 6.71. The van der Waals surface area contributed by atoms with Crippen LogP contribution in [0.5, 0.6) is 0 Å². The first-order chi connectivity index (χ1) is 9.74. The van der Waals surface area contributed by atoms with Gasteiger partial charge >= 0.3 is 0 Å². The van der Waals surface area contributed by atoms with E-state index in [-0.39, 0.29) is 17.7 Å². The van der Waals surface area contributed by atoms with E-state index in [1.807, 2.05) is 0 Å². The third-order valence-corrected chi connectivity index (χ3v) is 3.37. The standard InChI is InChI=1S/C13H16N4O3/c14-11(18)9-5-6-10(19-9)13-16-12(17-20-13)8-4-2-1-3-7-15-8/h5-6,8,15H,1-4,7H2,(H2,14,18)/t8-/m0/s1. The second-order valence-electron chi connectivity index (χ2n) is 4.84. The van der Waals surface area contributed by atoms with Crippen LogP contribution >= 0.6 is 0 Å². The number of nitrogens with two attached hydrogens (primary N) is 1. The molecule has 0 aliphatic carbocycles. The molecule has 2 aromatic rings. The van der Waals surface area contributed by atoms with Gasteiger partial charge in [0.1, 0.15) is 0 Å². The van der Waals surface area contributed by atoms with E-state index in [9.17, 15) is 4.79 Å². The van der Waals surface area contributed by atoms with Gasteiger partial charge in [-0.1, -0.05) is 18.0 Å². The Hall–Kier alpha value is -2.15. The van der Waals surface area contributed by atoms with Crippen LogP contribution in [0.1, 0.15) is 48.1 Å². The molecule has 3 N–H and O–H groups in total. The van der Waals surface area contributed by atoms with Gasteiger partial charge in [-0.05, 0) is 31.5 Å². The maximum atomic E-state index is 11.0. The van der Waals surface area contributed by atoms with Gasteiger partial charge in [0, 0.05) is 0 Å². The Morgan fingerprint density at radius 1 is 1.35 bits per heavy atom. The summed E-state index contributed by atoms with van der Waals surface area (Å²) in [6, 6.07) is 3.20. The molecule has 1 aliphatic rings. The molecular weight excluding hydrogens is 260 g/mol. The second-order valence-corrected chi connectivity index (χ2v) is 4.84. The highest BCUT2D eigenvalue weighted by Crippen LogP contribution is 2.25. The molecular formula is C13H16N4O3. The number of hydrogen-bond acceptors (Lipinski definition) is 6. The van der Waals surface area contributed by atoms with Gasteiger partial charge in [0.25, 0.3) is 11.8 Å². The Morgan fingerprint density at radius 3 is 3.05 bits per heavy atom. The molecule has 0 bridgehead atoms. The third-order valence-electron chi connectivity index (χ3n) is 3.37. The Morgan fingerprint density at radius 2 is 2.25 bits per heavy atom. The summed E-state index contributed by atoms with van der Waals surface area (Å²) in [5.41, 5.74) is 5.14. The number of furan rings is 1. The van der Waals surface area contributed by atoms with Crippen LogP contribution < -0.4 is 11.1 Å². The molecule has 0 spiro atoms. The summed E-state index contributed by atoms with van der Waals surface area (Å²) >= 11 is 0. The Kier molecular flexibility index (Phi) is 3.51. The van der Waals surface area contributed by atoms with Crippen molar-refractivity contribution >= 4 is 5.91 Å². The first kappa shape index (κ1) is 12.9. The molecule has 0 saturated carbocycles. The van der Waals surface area contributed by atoms with Crippen LogP contribution in [-0.4, -0.2) is 22.6 Å². The summed E-state index contributed by atoms with van der Waals surface area (Å²) in [6.07, 6.45) is 4.52. The number of hydrogen-bond donors (Lipinski definition) is 2. The molecule has 106 valence electrons. The highest BCUT2D eigenvalue weighted by atomic mass is 16.5. The van der Waals surface area contributed by atoms with Gasteiger partial charge in [0.2, 0.25) is 0 Å². The van der Waals surface area contributed by atoms with Gasteiger partial charge in [0.15, 0.2) is 17.3 Å². The molecule has 20 heavy (non-hydrogen) atoms. The van der Waals surface area contributed by atoms with Crippen LogP contribution in [0.4, 0.5) is 0 Å². The van der Waals surface area contributed by atoms with Crippen molar-refractivity contribution in [3.63, 3.8) is 0 Å². The normalized spacial score (nSPS) is 19.7. The maximum Gasteiger partial charge on any atom is 0.293 e. The summed E-state index contributed by atoms with van der Waals surface area (Å²) in [6.45, 7) is 0.959. The number of nitrogens with zero attached hydrogens (tertiary/aromatic N) is 2. The molecule has 1 atom stereocenters. The maximum absolute atomic E-state index is 11.0. The van der Waals surface area contributed by atoms with Crippen molar-refractivity contribution < 1.29 is 13.7 Å². The van der Waals surface area contributed by atoms with Crippen LogP contribution in [0.3, 0.4) is 0 Å². The van der Waals surface area contributed by atoms with Crippen molar-refractivity contribution in [1.29, 1.82) is 0 Å². The molecule has 2 aromatic heterocycles. The Labute approximate surface area is 115 Å². The second kappa shape index (κ2) is 5.46. The molecule has 1 aliphatic heterocycles. The molecule has 0 aromatic carbocycles. The average Bonchev–Trinajstić information content (AvgIpc) is 3.02. The zero-order chi connectivity index (χ0) is 13.9. The van der Waals surface area contributed by atoms with Crippen molar-refractivity contribution in [2.24, 2.45) is 5.73 Å². The number of nitrogens with one attached hydrogen (secondary N) is 1. The van der Waals surface area contributed by atoms with E-state index in [0.29, 0.717) is 11.6 Å². The summed E-state index contributed by atoms with van der Waals surface area (Å²) in [7, 11) is 0. The molecule has 1 fully saturated rings. The van der Waals surface area contributed by atoms with Gasteiger partial charge in [0.05, 0.1) is 6.04 Å². The number of amides is 1. The van der Waals surface area contributed by atoms with E-state index in [1.165, 1.54) is 18.9 Å². The van der Waals surface area contributed by atoms with E-state index in [1.54, 1.807) is 6.07 Å². The lowest BCUT2D eigenvalue weighted by Gasteiger charge is -2.09. The van der Waals surface area contributed by atoms with E-state index < -0.39 is 5.91 Å². The number of primary amides is 1. The molecule has 1 saturated heterocycles. The summed E-state index contributed by atoms with van der Waals surface area (Å²) in [4.78, 5) is 15.3. The van der Waals surface area contributed by atoms with E-state index in [4.69, 9.17) is 14.7 Å². The van der Waals surface area contributed by atoms with E-state index in [0.717, 1.165) is 19.4 Å². The van der Waals surface area contributed by atoms with Gasteiger partial charge in [-0.2, -0.15) is 4.98 Å². The fourth-order valence-electron chi connectivity index (χ4n) is 2.31. The van der Waals surface area contributed by atoms with Crippen LogP contribution in [0, 0.1) is 0 Å². The topological polar surface area (TPSA) is 107 Å². The molecule has 7 nitrogen and oxygen atoms in total. The monoisotopic (exact) mass is 276 g/mol. The van der Waals surface area contributed by atoms with E-state index >= 15 is 0 Å². The fourth-order valence-corrected chi connectivity index (χ4v) is 2.31. The molecule has 7 heteroatoms. The van der Waals surface area contributed by atoms with Gasteiger partial charge in [-0.3, -0.25) is 4.79 Å². The van der Waals surface area contributed by atoms with E-state index in [2.05, 4.69) is 15.5 Å². The molecule has 3 rings (SSSR count). The lowest BCUT2D eigenvalue weighted by molar-refractivity contribution is 0.0974. The lowest BCUT2D eigenvalue weighted by Crippen LogP contribution is -2.21. The summed E-state index contributed by atoms with van der Waals surface area (Å²) < 4.78 is 10.5. The van der Waals surface area contributed by atoms with Crippen molar-refractivity contribution in [2.45, 2.75) is 31.7 Å². The van der Waals surface area contributed by atoms with Crippen LogP contribution in [0.25, 0.3) is 11.7 Å². The number of carbonyl (C=O) groups excluding carboxylic acids is 1. The Balaban J connectivity index is 1.79. The van der Waals surface area contributed by atoms with Crippen molar-refractivity contribution in [3.05, 3.63) is 23.7 Å². The zero-order valence-corrected chi connectivity index (χ0v) is 11.0. The summed E-state index contributed by atoms with van der Waals surface area (Å²) in [5.74, 6) is 0.692. The van der Waals surface area contributed by atoms with Gasteiger partial charge in [-0.25, -0.2) is 0 Å². The van der Waals surface area contributed by atoms with Crippen molar-refractivity contribution in [2.75, 3.05) is 6.54 Å². The number of carbonyl (C=O) groups is 1. The fraction of sp³-hybridized carbons (Fsp3) is 0.462. The lowest BCUT2D eigenvalue weighted by atomic mass is 10.1. The number of aromatic nitrogens is 2. The predicted octanol–water partition coefficient (Wildman–Crippen LogP) is 1.63. The zero-order valence-electron chi connectivity index (χ0n) is 11.0. The summed E-state index contributed by atoms with van der Waals surface area (Å²) in [5, 5.41) is 7.38. The average molecular weight is 276 g/mol. The molecule has 0 radical (unpaired) electrons. The quantitative estimate of drug-likeness (QED) is 0.882. The minimum Gasteiger partial charge on any atom is -0.446 e. The minimum atomic E-state index is -0.624. The van der Waals surface area contributed by atoms with Crippen LogP contribution in [-0.2, 0) is 0 Å². The van der Waals surface area contributed by atoms with Gasteiger partial charge < -0.3 is 20.0 Å². The smallest absolute Gasteiger partial charge is 0.293 e. The largest absolute Gasteiger partial charge is 0.446 e.